The maximum atomic E-state index is 10.2. The number of carbonyl (C=O) groups is 1. The molecule has 0 aliphatic heterocycles. The van der Waals surface area contributed by atoms with Crippen LogP contribution in [0, 0.1) is 6.92 Å². The summed E-state index contributed by atoms with van der Waals surface area (Å²) in [5, 5.41) is 8.35. The third-order valence-corrected chi connectivity index (χ3v) is 1.90. The number of benzene rings is 1. The molecule has 0 atom stereocenters. The van der Waals surface area contributed by atoms with Crippen molar-refractivity contribution in [1.82, 2.24) is 0 Å². The Hall–Kier alpha value is -1.77. The minimum atomic E-state index is -0.925. The van der Waals surface area contributed by atoms with E-state index >= 15 is 0 Å². The van der Waals surface area contributed by atoms with Crippen molar-refractivity contribution in [1.29, 1.82) is 0 Å². The summed E-state index contributed by atoms with van der Waals surface area (Å²) in [6.07, 6.45) is 3.31. The lowest BCUT2D eigenvalue weighted by molar-refractivity contribution is -0.131. The fraction of sp³-hybridized carbons (Fsp3) is 0.250. The van der Waals surface area contributed by atoms with Gasteiger partial charge in [-0.15, -0.1) is 0 Å². The highest BCUT2D eigenvalue weighted by atomic mass is 16.5. The minimum Gasteiger partial charge on any atom is -0.493 e. The van der Waals surface area contributed by atoms with E-state index in [0.29, 0.717) is 13.0 Å². The maximum Gasteiger partial charge on any atom is 0.327 e. The number of aliphatic carboxylic acids is 1. The summed E-state index contributed by atoms with van der Waals surface area (Å²) < 4.78 is 5.47. The Morgan fingerprint density at radius 3 is 2.87 bits per heavy atom. The van der Waals surface area contributed by atoms with E-state index in [1.807, 2.05) is 31.2 Å². The quantitative estimate of drug-likeness (QED) is 0.594. The average Bonchev–Trinajstić information content (AvgIpc) is 2.20. The molecule has 80 valence electrons. The van der Waals surface area contributed by atoms with Crippen LogP contribution in [0.25, 0.3) is 0 Å². The van der Waals surface area contributed by atoms with Gasteiger partial charge in [-0.25, -0.2) is 4.79 Å². The second-order valence-corrected chi connectivity index (χ2v) is 3.14. The van der Waals surface area contributed by atoms with Crippen LogP contribution in [0.4, 0.5) is 0 Å². The summed E-state index contributed by atoms with van der Waals surface area (Å²) in [5.74, 6) is -0.0767. The standard InChI is InChI=1S/C12H14O3/c1-10-6-2-3-7-11(10)15-9-5-4-8-12(13)14/h2-4,6-8H,5,9H2,1H3,(H,13,14)/b8-4+. The van der Waals surface area contributed by atoms with Gasteiger partial charge in [0.05, 0.1) is 6.61 Å². The molecule has 0 spiro atoms. The third kappa shape index (κ3) is 4.31. The fourth-order valence-corrected chi connectivity index (χ4v) is 1.14. The molecule has 0 heterocycles. The second-order valence-electron chi connectivity index (χ2n) is 3.14. The number of hydrogen-bond donors (Lipinski definition) is 1. The van der Waals surface area contributed by atoms with Gasteiger partial charge in [0.2, 0.25) is 0 Å². The van der Waals surface area contributed by atoms with Crippen molar-refractivity contribution < 1.29 is 14.6 Å². The minimum absolute atomic E-state index is 0.495. The lowest BCUT2D eigenvalue weighted by Gasteiger charge is -2.06. The Labute approximate surface area is 89.0 Å². The van der Waals surface area contributed by atoms with Gasteiger partial charge in [-0.3, -0.25) is 0 Å². The van der Waals surface area contributed by atoms with Crippen LogP contribution in [-0.4, -0.2) is 17.7 Å². The van der Waals surface area contributed by atoms with Crippen molar-refractivity contribution in [3.8, 4) is 5.75 Å². The Kier molecular flexibility index (Phi) is 4.41. The Morgan fingerprint density at radius 1 is 1.47 bits per heavy atom. The number of para-hydroxylation sites is 1. The van der Waals surface area contributed by atoms with Crippen LogP contribution < -0.4 is 4.74 Å². The molecule has 3 nitrogen and oxygen atoms in total. The molecule has 0 fully saturated rings. The van der Waals surface area contributed by atoms with E-state index in [2.05, 4.69) is 0 Å². The van der Waals surface area contributed by atoms with Crippen LogP contribution in [0.3, 0.4) is 0 Å². The van der Waals surface area contributed by atoms with E-state index in [-0.39, 0.29) is 0 Å². The zero-order valence-corrected chi connectivity index (χ0v) is 8.64. The molecule has 1 N–H and O–H groups in total. The number of carboxylic acid groups (broad SMARTS) is 1. The fourth-order valence-electron chi connectivity index (χ4n) is 1.14. The van der Waals surface area contributed by atoms with Crippen molar-refractivity contribution in [2.45, 2.75) is 13.3 Å². The molecular formula is C12H14O3. The Morgan fingerprint density at radius 2 is 2.20 bits per heavy atom. The van der Waals surface area contributed by atoms with E-state index in [1.165, 1.54) is 0 Å². The zero-order chi connectivity index (χ0) is 11.1. The molecule has 0 amide bonds. The second kappa shape index (κ2) is 5.86. The van der Waals surface area contributed by atoms with E-state index < -0.39 is 5.97 Å². The molecule has 0 aromatic heterocycles. The van der Waals surface area contributed by atoms with E-state index in [1.54, 1.807) is 6.08 Å². The van der Waals surface area contributed by atoms with Crippen LogP contribution in [-0.2, 0) is 4.79 Å². The van der Waals surface area contributed by atoms with E-state index in [4.69, 9.17) is 9.84 Å². The van der Waals surface area contributed by atoms with E-state index in [9.17, 15) is 4.79 Å². The molecule has 0 bridgehead atoms. The molecule has 1 rings (SSSR count). The lowest BCUT2D eigenvalue weighted by Crippen LogP contribution is -1.97. The van der Waals surface area contributed by atoms with Gasteiger partial charge >= 0.3 is 5.97 Å². The van der Waals surface area contributed by atoms with Crippen molar-refractivity contribution in [2.75, 3.05) is 6.61 Å². The van der Waals surface area contributed by atoms with Gasteiger partial charge in [-0.1, -0.05) is 24.3 Å². The SMILES string of the molecule is Cc1ccccc1OCC/C=C/C(=O)O. The van der Waals surface area contributed by atoms with Gasteiger partial charge in [0.15, 0.2) is 0 Å². The molecule has 1 aromatic rings. The summed E-state index contributed by atoms with van der Waals surface area (Å²) in [6.45, 7) is 2.47. The number of hydrogen-bond acceptors (Lipinski definition) is 2. The smallest absolute Gasteiger partial charge is 0.327 e. The number of rotatable bonds is 5. The van der Waals surface area contributed by atoms with Crippen molar-refractivity contribution in [2.24, 2.45) is 0 Å². The predicted molar refractivity (Wildman–Crippen MR) is 58.1 cm³/mol. The third-order valence-electron chi connectivity index (χ3n) is 1.90. The monoisotopic (exact) mass is 206 g/mol. The maximum absolute atomic E-state index is 10.2. The first-order chi connectivity index (χ1) is 7.20. The molecule has 3 heteroatoms. The molecule has 0 unspecified atom stereocenters. The summed E-state index contributed by atoms with van der Waals surface area (Å²) in [4.78, 5) is 10.2. The van der Waals surface area contributed by atoms with Crippen molar-refractivity contribution >= 4 is 5.97 Å². The summed E-state index contributed by atoms with van der Waals surface area (Å²) in [5.41, 5.74) is 1.08. The highest BCUT2D eigenvalue weighted by Crippen LogP contribution is 2.16. The summed E-state index contributed by atoms with van der Waals surface area (Å²) in [6, 6.07) is 7.74. The number of aryl methyl sites for hydroxylation is 1. The zero-order valence-electron chi connectivity index (χ0n) is 8.64. The first kappa shape index (κ1) is 11.3. The molecule has 0 aliphatic rings. The van der Waals surface area contributed by atoms with Crippen LogP contribution in [0.15, 0.2) is 36.4 Å². The molecule has 0 saturated carbocycles. The van der Waals surface area contributed by atoms with Gasteiger partial charge < -0.3 is 9.84 Å². The number of carboxylic acids is 1. The Bertz CT molecular complexity index is 356. The normalized spacial score (nSPS) is 10.5. The molecule has 0 saturated heterocycles. The molecule has 0 aliphatic carbocycles. The van der Waals surface area contributed by atoms with Crippen molar-refractivity contribution in [3.05, 3.63) is 42.0 Å². The highest BCUT2D eigenvalue weighted by Gasteiger charge is 1.95. The van der Waals surface area contributed by atoms with Crippen LogP contribution >= 0.6 is 0 Å². The first-order valence-electron chi connectivity index (χ1n) is 4.78. The van der Waals surface area contributed by atoms with Gasteiger partial charge in [0.1, 0.15) is 5.75 Å². The van der Waals surface area contributed by atoms with Crippen LogP contribution in [0.1, 0.15) is 12.0 Å². The number of ether oxygens (including phenoxy) is 1. The topological polar surface area (TPSA) is 46.5 Å². The largest absolute Gasteiger partial charge is 0.493 e. The lowest BCUT2D eigenvalue weighted by atomic mass is 10.2. The summed E-state index contributed by atoms with van der Waals surface area (Å²) in [7, 11) is 0. The van der Waals surface area contributed by atoms with Crippen molar-refractivity contribution in [3.63, 3.8) is 0 Å². The van der Waals surface area contributed by atoms with Gasteiger partial charge in [0, 0.05) is 6.08 Å². The molecular weight excluding hydrogens is 192 g/mol. The highest BCUT2D eigenvalue weighted by molar-refractivity contribution is 5.79. The molecule has 0 radical (unpaired) electrons. The molecule has 1 aromatic carbocycles. The van der Waals surface area contributed by atoms with Gasteiger partial charge in [-0.05, 0) is 25.0 Å². The van der Waals surface area contributed by atoms with E-state index in [0.717, 1.165) is 17.4 Å². The van der Waals surface area contributed by atoms with Gasteiger partial charge in [0.25, 0.3) is 0 Å². The summed E-state index contributed by atoms with van der Waals surface area (Å²) >= 11 is 0. The molecule has 15 heavy (non-hydrogen) atoms. The average molecular weight is 206 g/mol. The van der Waals surface area contributed by atoms with Gasteiger partial charge in [-0.2, -0.15) is 0 Å². The first-order valence-corrected chi connectivity index (χ1v) is 4.78. The Balaban J connectivity index is 2.32. The van der Waals surface area contributed by atoms with Crippen LogP contribution in [0.5, 0.6) is 5.75 Å². The predicted octanol–water partition coefficient (Wildman–Crippen LogP) is 2.40. The van der Waals surface area contributed by atoms with Crippen LogP contribution in [0.2, 0.25) is 0 Å².